The second-order valence-electron chi connectivity index (χ2n) is 5.22. The summed E-state index contributed by atoms with van der Waals surface area (Å²) < 4.78 is 0. The van der Waals surface area contributed by atoms with Crippen LogP contribution >= 0.6 is 0 Å². The molecule has 0 spiro atoms. The molecule has 0 saturated carbocycles. The molecule has 0 aromatic carbocycles. The van der Waals surface area contributed by atoms with Gasteiger partial charge in [-0.15, -0.1) is 0 Å². The van der Waals surface area contributed by atoms with Gasteiger partial charge in [0.2, 0.25) is 0 Å². The molecule has 0 atom stereocenters. The molecule has 0 aliphatic carbocycles. The van der Waals surface area contributed by atoms with Gasteiger partial charge in [0.05, 0.1) is 5.60 Å². The van der Waals surface area contributed by atoms with Crippen LogP contribution in [0.2, 0.25) is 0 Å². The maximum absolute atomic E-state index is 9.86. The zero-order chi connectivity index (χ0) is 13.2. The molecule has 96 valence electrons. The number of aryl methyl sites for hydroxylation is 2. The van der Waals surface area contributed by atoms with Gasteiger partial charge in [0.1, 0.15) is 0 Å². The smallest absolute Gasteiger partial charge is 0.0765 e. The Morgan fingerprint density at radius 3 is 2.47 bits per heavy atom. The van der Waals surface area contributed by atoms with Gasteiger partial charge in [-0.3, -0.25) is 4.98 Å². The van der Waals surface area contributed by atoms with Gasteiger partial charge in [-0.2, -0.15) is 0 Å². The van der Waals surface area contributed by atoms with Crippen molar-refractivity contribution in [2.75, 3.05) is 18.5 Å². The largest absolute Gasteiger partial charge is 0.389 e. The minimum atomic E-state index is -0.730. The van der Waals surface area contributed by atoms with Crippen LogP contribution in [0, 0.1) is 13.8 Å². The van der Waals surface area contributed by atoms with Crippen LogP contribution in [0.1, 0.15) is 30.8 Å². The Balaban J connectivity index is 3.11. The Bertz CT molecular complexity index is 396. The Morgan fingerprint density at radius 2 is 2.00 bits per heavy atom. The van der Waals surface area contributed by atoms with Crippen molar-refractivity contribution in [1.82, 2.24) is 4.98 Å². The fraction of sp³-hybridized carbons (Fsp3) is 0.615. The molecule has 1 rings (SSSR count). The number of nitrogens with two attached hydrogens (primary N) is 1. The minimum Gasteiger partial charge on any atom is -0.389 e. The first-order valence-corrected chi connectivity index (χ1v) is 5.85. The number of nitrogens with zero attached hydrogens (tertiary/aromatic N) is 2. The van der Waals surface area contributed by atoms with Crippen LogP contribution < -0.4 is 10.6 Å². The zero-order valence-electron chi connectivity index (χ0n) is 11.4. The summed E-state index contributed by atoms with van der Waals surface area (Å²) in [5.74, 6) is 0. The quantitative estimate of drug-likeness (QED) is 0.830. The Morgan fingerprint density at radius 1 is 1.41 bits per heavy atom. The molecule has 0 unspecified atom stereocenters. The monoisotopic (exact) mass is 237 g/mol. The van der Waals surface area contributed by atoms with Gasteiger partial charge in [-0.05, 0) is 33.8 Å². The van der Waals surface area contributed by atoms with Crippen LogP contribution in [-0.2, 0) is 6.54 Å². The van der Waals surface area contributed by atoms with Gasteiger partial charge >= 0.3 is 0 Å². The van der Waals surface area contributed by atoms with E-state index in [1.165, 1.54) is 0 Å². The summed E-state index contributed by atoms with van der Waals surface area (Å²) in [5.41, 5.74) is 9.08. The average molecular weight is 237 g/mol. The Hall–Kier alpha value is -1.13. The second-order valence-corrected chi connectivity index (χ2v) is 5.22. The fourth-order valence-electron chi connectivity index (χ4n) is 2.09. The standard InChI is InChI=1S/C13H23N3O/c1-9-6-12(11(7-14)10(2)15-9)16(5)8-13(3,4)17/h6,17H,7-8,14H2,1-5H3. The molecule has 0 saturated heterocycles. The lowest BCUT2D eigenvalue weighted by molar-refractivity contribution is 0.0886. The van der Waals surface area contributed by atoms with Crippen LogP contribution in [0.5, 0.6) is 0 Å². The molecule has 4 heteroatoms. The third-order valence-electron chi connectivity index (χ3n) is 2.68. The second kappa shape index (κ2) is 5.02. The van der Waals surface area contributed by atoms with Crippen molar-refractivity contribution in [2.24, 2.45) is 5.73 Å². The van der Waals surface area contributed by atoms with Gasteiger partial charge < -0.3 is 15.7 Å². The van der Waals surface area contributed by atoms with Crippen molar-refractivity contribution in [3.63, 3.8) is 0 Å². The molecule has 0 radical (unpaired) electrons. The number of aliphatic hydroxyl groups is 1. The normalized spacial score (nSPS) is 11.7. The SMILES string of the molecule is Cc1cc(N(C)CC(C)(C)O)c(CN)c(C)n1. The van der Waals surface area contributed by atoms with Crippen molar-refractivity contribution in [1.29, 1.82) is 0 Å². The van der Waals surface area contributed by atoms with Gasteiger partial charge in [-0.1, -0.05) is 0 Å². The van der Waals surface area contributed by atoms with Gasteiger partial charge in [0.25, 0.3) is 0 Å². The fourth-order valence-corrected chi connectivity index (χ4v) is 2.09. The third kappa shape index (κ3) is 3.68. The van der Waals surface area contributed by atoms with E-state index in [1.807, 2.05) is 31.9 Å². The molecule has 3 N–H and O–H groups in total. The van der Waals surface area contributed by atoms with E-state index in [4.69, 9.17) is 5.73 Å². The lowest BCUT2D eigenvalue weighted by Gasteiger charge is -2.29. The topological polar surface area (TPSA) is 62.4 Å². The highest BCUT2D eigenvalue weighted by atomic mass is 16.3. The van der Waals surface area contributed by atoms with E-state index in [0.29, 0.717) is 13.1 Å². The molecule has 0 bridgehead atoms. The van der Waals surface area contributed by atoms with Crippen LogP contribution in [0.15, 0.2) is 6.07 Å². The van der Waals surface area contributed by atoms with E-state index in [0.717, 1.165) is 22.6 Å². The molecule has 0 aliphatic heterocycles. The van der Waals surface area contributed by atoms with E-state index >= 15 is 0 Å². The molecule has 17 heavy (non-hydrogen) atoms. The van der Waals surface area contributed by atoms with Crippen molar-refractivity contribution >= 4 is 5.69 Å². The number of aromatic nitrogens is 1. The van der Waals surface area contributed by atoms with Gasteiger partial charge in [-0.25, -0.2) is 0 Å². The molecular formula is C13H23N3O. The summed E-state index contributed by atoms with van der Waals surface area (Å²) in [6.07, 6.45) is 0. The molecule has 1 aromatic heterocycles. The number of likely N-dealkylation sites (N-methyl/N-ethyl adjacent to an activating group) is 1. The maximum Gasteiger partial charge on any atom is 0.0765 e. The zero-order valence-corrected chi connectivity index (χ0v) is 11.4. The predicted molar refractivity (Wildman–Crippen MR) is 71.2 cm³/mol. The van der Waals surface area contributed by atoms with Crippen molar-refractivity contribution in [3.8, 4) is 0 Å². The number of rotatable bonds is 4. The van der Waals surface area contributed by atoms with Crippen LogP contribution in [0.3, 0.4) is 0 Å². The highest BCUT2D eigenvalue weighted by Crippen LogP contribution is 2.23. The van der Waals surface area contributed by atoms with Crippen molar-refractivity contribution in [3.05, 3.63) is 23.0 Å². The summed E-state index contributed by atoms with van der Waals surface area (Å²) in [4.78, 5) is 6.45. The maximum atomic E-state index is 9.86. The first-order chi connectivity index (χ1) is 7.74. The first-order valence-electron chi connectivity index (χ1n) is 5.85. The number of hydrogen-bond acceptors (Lipinski definition) is 4. The van der Waals surface area contributed by atoms with E-state index in [2.05, 4.69) is 4.98 Å². The minimum absolute atomic E-state index is 0.463. The highest BCUT2D eigenvalue weighted by molar-refractivity contribution is 5.55. The molecule has 1 heterocycles. The Labute approximate surface area is 103 Å². The molecule has 1 aromatic rings. The van der Waals surface area contributed by atoms with E-state index in [9.17, 15) is 5.11 Å². The molecule has 0 amide bonds. The lowest BCUT2D eigenvalue weighted by atomic mass is 10.1. The Kier molecular flexibility index (Phi) is 4.11. The van der Waals surface area contributed by atoms with Gasteiger partial charge in [0.15, 0.2) is 0 Å². The molecule has 0 fully saturated rings. The van der Waals surface area contributed by atoms with E-state index in [1.54, 1.807) is 13.8 Å². The van der Waals surface area contributed by atoms with Crippen molar-refractivity contribution in [2.45, 2.75) is 39.8 Å². The number of anilines is 1. The molecular weight excluding hydrogens is 214 g/mol. The highest BCUT2D eigenvalue weighted by Gasteiger charge is 2.18. The summed E-state index contributed by atoms with van der Waals surface area (Å²) in [6, 6.07) is 2.01. The van der Waals surface area contributed by atoms with Crippen LogP contribution in [0.25, 0.3) is 0 Å². The van der Waals surface area contributed by atoms with Crippen LogP contribution in [0.4, 0.5) is 5.69 Å². The lowest BCUT2D eigenvalue weighted by Crippen LogP contribution is -2.37. The third-order valence-corrected chi connectivity index (χ3v) is 2.68. The van der Waals surface area contributed by atoms with Crippen molar-refractivity contribution < 1.29 is 5.11 Å². The average Bonchev–Trinajstić information content (AvgIpc) is 2.13. The number of hydrogen-bond donors (Lipinski definition) is 2. The van der Waals surface area contributed by atoms with Gasteiger partial charge in [0, 0.05) is 42.8 Å². The summed E-state index contributed by atoms with van der Waals surface area (Å²) >= 11 is 0. The van der Waals surface area contributed by atoms with Crippen LogP contribution in [-0.4, -0.2) is 29.3 Å². The predicted octanol–water partition coefficient (Wildman–Crippen LogP) is 1.36. The summed E-state index contributed by atoms with van der Waals surface area (Å²) in [6.45, 7) is 8.55. The summed E-state index contributed by atoms with van der Waals surface area (Å²) in [7, 11) is 1.96. The van der Waals surface area contributed by atoms with E-state index in [-0.39, 0.29) is 0 Å². The summed E-state index contributed by atoms with van der Waals surface area (Å²) in [5, 5.41) is 9.86. The molecule has 0 aliphatic rings. The molecule has 4 nitrogen and oxygen atoms in total. The first kappa shape index (κ1) is 13.9. The van der Waals surface area contributed by atoms with E-state index < -0.39 is 5.60 Å². The number of pyridine rings is 1.